The minimum atomic E-state index is -4.09. The molecule has 2 unspecified atom stereocenters. The van der Waals surface area contributed by atoms with Crippen LogP contribution < -0.4 is 5.73 Å². The van der Waals surface area contributed by atoms with Gasteiger partial charge in [-0.3, -0.25) is 0 Å². The van der Waals surface area contributed by atoms with Crippen LogP contribution in [0.4, 0.5) is 17.6 Å². The number of rotatable bonds is 6. The molecule has 2 atom stereocenters. The van der Waals surface area contributed by atoms with E-state index in [-0.39, 0.29) is 18.8 Å². The van der Waals surface area contributed by atoms with Gasteiger partial charge in [-0.25, -0.2) is 8.78 Å². The molecule has 96 valence electrons. The molecule has 1 rings (SSSR count). The minimum Gasteiger partial charge on any atom is -0.372 e. The highest BCUT2D eigenvalue weighted by atomic mass is 19.3. The highest BCUT2D eigenvalue weighted by Gasteiger charge is 2.41. The van der Waals surface area contributed by atoms with Crippen LogP contribution in [0.2, 0.25) is 0 Å². The van der Waals surface area contributed by atoms with E-state index in [0.717, 1.165) is 6.42 Å². The van der Waals surface area contributed by atoms with Crippen LogP contribution in [0.15, 0.2) is 0 Å². The lowest BCUT2D eigenvalue weighted by atomic mass is 10.2. The molecule has 0 aromatic carbocycles. The van der Waals surface area contributed by atoms with Gasteiger partial charge in [0.25, 0.3) is 0 Å². The monoisotopic (exact) mass is 245 g/mol. The van der Waals surface area contributed by atoms with Crippen molar-refractivity contribution in [2.75, 3.05) is 19.8 Å². The predicted molar refractivity (Wildman–Crippen MR) is 48.7 cm³/mol. The van der Waals surface area contributed by atoms with Crippen LogP contribution >= 0.6 is 0 Å². The van der Waals surface area contributed by atoms with Crippen molar-refractivity contribution in [1.82, 2.24) is 0 Å². The summed E-state index contributed by atoms with van der Waals surface area (Å²) in [5.74, 6) is -4.09. The van der Waals surface area contributed by atoms with E-state index in [2.05, 4.69) is 4.74 Å². The second-order valence-electron chi connectivity index (χ2n) is 3.77. The lowest BCUT2D eigenvalue weighted by molar-refractivity contribution is -0.171. The van der Waals surface area contributed by atoms with E-state index in [1.54, 1.807) is 0 Å². The molecule has 1 saturated heterocycles. The van der Waals surface area contributed by atoms with Crippen molar-refractivity contribution < 1.29 is 27.0 Å². The first-order valence-corrected chi connectivity index (χ1v) is 5.05. The Morgan fingerprint density at radius 1 is 1.31 bits per heavy atom. The van der Waals surface area contributed by atoms with Crippen LogP contribution in [0.5, 0.6) is 0 Å². The van der Waals surface area contributed by atoms with Crippen molar-refractivity contribution in [1.29, 1.82) is 0 Å². The fraction of sp³-hybridized carbons (Fsp3) is 1.00. The highest BCUT2D eigenvalue weighted by molar-refractivity contribution is 4.74. The molecule has 0 aliphatic carbocycles. The predicted octanol–water partition coefficient (Wildman–Crippen LogP) is 1.41. The third kappa shape index (κ3) is 3.88. The molecule has 0 aromatic heterocycles. The van der Waals surface area contributed by atoms with E-state index >= 15 is 0 Å². The molecule has 16 heavy (non-hydrogen) atoms. The van der Waals surface area contributed by atoms with Gasteiger partial charge in [-0.1, -0.05) is 0 Å². The van der Waals surface area contributed by atoms with Crippen molar-refractivity contribution in [3.63, 3.8) is 0 Å². The summed E-state index contributed by atoms with van der Waals surface area (Å²) < 4.78 is 58.2. The van der Waals surface area contributed by atoms with Gasteiger partial charge in [0.2, 0.25) is 0 Å². The van der Waals surface area contributed by atoms with Crippen molar-refractivity contribution in [3.8, 4) is 0 Å². The first-order chi connectivity index (χ1) is 7.45. The molecule has 0 amide bonds. The molecular weight excluding hydrogens is 230 g/mol. The Balaban J connectivity index is 2.17. The molecule has 0 radical (unpaired) electrons. The molecule has 0 spiro atoms. The summed E-state index contributed by atoms with van der Waals surface area (Å²) >= 11 is 0. The third-order valence-corrected chi connectivity index (χ3v) is 2.38. The van der Waals surface area contributed by atoms with Crippen LogP contribution in [0.25, 0.3) is 0 Å². The Morgan fingerprint density at radius 2 is 1.94 bits per heavy atom. The van der Waals surface area contributed by atoms with Crippen molar-refractivity contribution in [2.45, 2.75) is 37.4 Å². The van der Waals surface area contributed by atoms with Gasteiger partial charge in [0.15, 0.2) is 0 Å². The minimum absolute atomic E-state index is 0.0794. The Kier molecular flexibility index (Phi) is 4.94. The second kappa shape index (κ2) is 5.79. The average Bonchev–Trinajstić information content (AvgIpc) is 2.65. The van der Waals surface area contributed by atoms with Gasteiger partial charge < -0.3 is 15.2 Å². The van der Waals surface area contributed by atoms with Gasteiger partial charge in [-0.15, -0.1) is 0 Å². The van der Waals surface area contributed by atoms with E-state index in [4.69, 9.17) is 10.5 Å². The van der Waals surface area contributed by atoms with Crippen LogP contribution in [0.3, 0.4) is 0 Å². The SMILES string of the molecule is NCC1CCC(COCC(F)(F)C(F)F)O1. The number of hydrogen-bond acceptors (Lipinski definition) is 3. The highest BCUT2D eigenvalue weighted by Crippen LogP contribution is 2.24. The lowest BCUT2D eigenvalue weighted by Crippen LogP contribution is -2.34. The number of nitrogens with two attached hydrogens (primary N) is 1. The largest absolute Gasteiger partial charge is 0.372 e. The van der Waals surface area contributed by atoms with Crippen LogP contribution in [0, 0.1) is 0 Å². The average molecular weight is 245 g/mol. The Bertz CT molecular complexity index is 216. The maximum absolute atomic E-state index is 12.4. The van der Waals surface area contributed by atoms with Crippen molar-refractivity contribution in [3.05, 3.63) is 0 Å². The van der Waals surface area contributed by atoms with Gasteiger partial charge in [-0.2, -0.15) is 8.78 Å². The zero-order valence-corrected chi connectivity index (χ0v) is 8.67. The third-order valence-electron chi connectivity index (χ3n) is 2.38. The standard InChI is InChI=1S/C9H15F4NO2/c10-8(11)9(12,13)5-15-4-7-2-1-6(3-14)16-7/h6-8H,1-5,14H2. The fourth-order valence-corrected chi connectivity index (χ4v) is 1.47. The molecule has 1 heterocycles. The maximum Gasteiger partial charge on any atom is 0.330 e. The number of alkyl halides is 4. The summed E-state index contributed by atoms with van der Waals surface area (Å²) in [6.45, 7) is -1.01. The molecule has 7 heteroatoms. The van der Waals surface area contributed by atoms with Crippen LogP contribution in [-0.2, 0) is 9.47 Å². The van der Waals surface area contributed by atoms with Gasteiger partial charge in [0, 0.05) is 6.54 Å². The van der Waals surface area contributed by atoms with E-state index in [1.807, 2.05) is 0 Å². The topological polar surface area (TPSA) is 44.5 Å². The summed E-state index contributed by atoms with van der Waals surface area (Å²) in [5, 5.41) is 0. The number of ether oxygens (including phenoxy) is 2. The summed E-state index contributed by atoms with van der Waals surface area (Å²) in [5.41, 5.74) is 5.35. The molecule has 0 aromatic rings. The fourth-order valence-electron chi connectivity index (χ4n) is 1.47. The molecule has 1 fully saturated rings. The first kappa shape index (κ1) is 13.7. The first-order valence-electron chi connectivity index (χ1n) is 5.05. The normalized spacial score (nSPS) is 26.6. The Morgan fingerprint density at radius 3 is 2.44 bits per heavy atom. The quantitative estimate of drug-likeness (QED) is 0.719. The van der Waals surface area contributed by atoms with Gasteiger partial charge in [0.05, 0.1) is 18.8 Å². The molecular formula is C9H15F4NO2. The second-order valence-corrected chi connectivity index (χ2v) is 3.77. The number of hydrogen-bond donors (Lipinski definition) is 1. The molecule has 0 bridgehead atoms. The summed E-state index contributed by atoms with van der Waals surface area (Å²) in [4.78, 5) is 0. The molecule has 1 aliphatic heterocycles. The molecule has 2 N–H and O–H groups in total. The smallest absolute Gasteiger partial charge is 0.330 e. The zero-order chi connectivity index (χ0) is 12.2. The number of halogens is 4. The van der Waals surface area contributed by atoms with Crippen molar-refractivity contribution >= 4 is 0 Å². The van der Waals surface area contributed by atoms with E-state index in [1.165, 1.54) is 0 Å². The molecule has 3 nitrogen and oxygen atoms in total. The van der Waals surface area contributed by atoms with Crippen LogP contribution in [0.1, 0.15) is 12.8 Å². The molecule has 1 aliphatic rings. The Labute approximate surface area is 90.9 Å². The Hall–Kier alpha value is -0.400. The zero-order valence-electron chi connectivity index (χ0n) is 8.67. The van der Waals surface area contributed by atoms with Gasteiger partial charge in [0.1, 0.15) is 6.61 Å². The van der Waals surface area contributed by atoms with Crippen LogP contribution in [-0.4, -0.2) is 44.3 Å². The van der Waals surface area contributed by atoms with Crippen molar-refractivity contribution in [2.24, 2.45) is 5.73 Å². The summed E-state index contributed by atoms with van der Waals surface area (Å²) in [7, 11) is 0. The lowest BCUT2D eigenvalue weighted by Gasteiger charge is -2.17. The van der Waals surface area contributed by atoms with E-state index < -0.39 is 19.0 Å². The van der Waals surface area contributed by atoms with Gasteiger partial charge in [-0.05, 0) is 12.8 Å². The summed E-state index contributed by atoms with van der Waals surface area (Å²) in [6, 6.07) is 0. The van der Waals surface area contributed by atoms with Gasteiger partial charge >= 0.3 is 12.3 Å². The maximum atomic E-state index is 12.4. The van der Waals surface area contributed by atoms with E-state index in [0.29, 0.717) is 13.0 Å². The van der Waals surface area contributed by atoms with E-state index in [9.17, 15) is 17.6 Å². The molecule has 0 saturated carbocycles. The summed E-state index contributed by atoms with van der Waals surface area (Å²) in [6.07, 6.45) is -2.70.